The van der Waals surface area contributed by atoms with Gasteiger partial charge in [0.15, 0.2) is 0 Å². The lowest BCUT2D eigenvalue weighted by molar-refractivity contribution is 0.146. The third kappa shape index (κ3) is 5.29. The van der Waals surface area contributed by atoms with E-state index in [0.717, 1.165) is 18.4 Å². The molecule has 0 aliphatic carbocycles. The van der Waals surface area contributed by atoms with Crippen LogP contribution in [0.25, 0.3) is 0 Å². The van der Waals surface area contributed by atoms with Gasteiger partial charge in [0.05, 0.1) is 6.61 Å². The lowest BCUT2D eigenvalue weighted by Gasteiger charge is -2.06. The largest absolute Gasteiger partial charge is 0.449 e. The molecule has 0 aliphatic rings. The minimum absolute atomic E-state index is 0.304. The van der Waals surface area contributed by atoms with Crippen LogP contribution < -0.4 is 10.6 Å². The number of unbranched alkanes of at least 4 members (excludes halogenated alkanes) is 1. The predicted molar refractivity (Wildman–Crippen MR) is 67.4 cm³/mol. The molecule has 1 heterocycles. The van der Waals surface area contributed by atoms with Gasteiger partial charge in [-0.2, -0.15) is 0 Å². The molecule has 0 aliphatic heterocycles. The van der Waals surface area contributed by atoms with E-state index < -0.39 is 12.1 Å². The number of aromatic nitrogens is 1. The summed E-state index contributed by atoms with van der Waals surface area (Å²) in [5.74, 6) is 0.374. The third-order valence-corrected chi connectivity index (χ3v) is 2.10. The van der Waals surface area contributed by atoms with Crippen molar-refractivity contribution in [2.24, 2.45) is 0 Å². The fourth-order valence-corrected chi connectivity index (χ4v) is 1.13. The molecular weight excluding hydrogens is 234 g/mol. The Morgan fingerprint density at radius 3 is 2.78 bits per heavy atom. The Hall–Kier alpha value is -2.11. The van der Waals surface area contributed by atoms with Gasteiger partial charge in [0.2, 0.25) is 0 Å². The maximum atomic E-state index is 11.4. The molecule has 0 saturated heterocycles. The van der Waals surface area contributed by atoms with E-state index in [1.807, 2.05) is 19.9 Å². The minimum Gasteiger partial charge on any atom is -0.449 e. The summed E-state index contributed by atoms with van der Waals surface area (Å²) in [6.07, 6.45) is 2.56. The number of pyridine rings is 1. The van der Waals surface area contributed by atoms with Crippen molar-refractivity contribution >= 4 is 17.9 Å². The molecule has 1 aromatic rings. The van der Waals surface area contributed by atoms with Gasteiger partial charge in [0.1, 0.15) is 5.82 Å². The highest BCUT2D eigenvalue weighted by molar-refractivity contribution is 5.98. The van der Waals surface area contributed by atoms with E-state index >= 15 is 0 Å². The van der Waals surface area contributed by atoms with Crippen LogP contribution in [0.4, 0.5) is 15.4 Å². The second-order valence-electron chi connectivity index (χ2n) is 3.79. The zero-order valence-corrected chi connectivity index (χ0v) is 10.5. The van der Waals surface area contributed by atoms with Gasteiger partial charge in [-0.15, -0.1) is 0 Å². The molecule has 0 fully saturated rings. The van der Waals surface area contributed by atoms with Gasteiger partial charge < -0.3 is 4.74 Å². The summed E-state index contributed by atoms with van der Waals surface area (Å²) >= 11 is 0. The minimum atomic E-state index is -0.756. The van der Waals surface area contributed by atoms with E-state index in [2.05, 4.69) is 15.6 Å². The molecule has 6 heteroatoms. The summed E-state index contributed by atoms with van der Waals surface area (Å²) in [4.78, 5) is 26.5. The number of nitrogens with zero attached hydrogens (tertiary/aromatic N) is 1. The summed E-state index contributed by atoms with van der Waals surface area (Å²) in [6.45, 7) is 4.18. The number of alkyl carbamates (subject to hydrolysis) is 1. The lowest BCUT2D eigenvalue weighted by atomic mass is 10.3. The Balaban J connectivity index is 2.32. The molecule has 0 saturated carbocycles. The normalized spacial score (nSPS) is 9.67. The van der Waals surface area contributed by atoms with E-state index in [9.17, 15) is 9.59 Å². The number of rotatable bonds is 4. The van der Waals surface area contributed by atoms with E-state index in [1.165, 1.54) is 0 Å². The number of hydrogen-bond donors (Lipinski definition) is 2. The molecule has 0 bridgehead atoms. The first-order chi connectivity index (χ1) is 8.61. The van der Waals surface area contributed by atoms with Crippen LogP contribution in [-0.2, 0) is 4.74 Å². The van der Waals surface area contributed by atoms with Crippen LogP contribution in [0.15, 0.2) is 18.3 Å². The van der Waals surface area contributed by atoms with E-state index in [1.54, 1.807) is 12.3 Å². The van der Waals surface area contributed by atoms with Crippen LogP contribution in [0.1, 0.15) is 25.3 Å². The maximum Gasteiger partial charge on any atom is 0.415 e. The molecule has 18 heavy (non-hydrogen) atoms. The molecule has 0 unspecified atom stereocenters. The SMILES string of the molecule is CCCCOC(=O)NC(=O)Nc1ccc(C)cn1. The van der Waals surface area contributed by atoms with Gasteiger partial charge in [0.25, 0.3) is 0 Å². The number of hydrogen-bond acceptors (Lipinski definition) is 4. The first kappa shape index (κ1) is 14.0. The van der Waals surface area contributed by atoms with Crippen molar-refractivity contribution in [3.63, 3.8) is 0 Å². The summed E-state index contributed by atoms with van der Waals surface area (Å²) in [6, 6.07) is 2.80. The van der Waals surface area contributed by atoms with Gasteiger partial charge in [-0.3, -0.25) is 5.32 Å². The molecule has 0 spiro atoms. The second-order valence-corrected chi connectivity index (χ2v) is 3.79. The average Bonchev–Trinajstić information content (AvgIpc) is 2.32. The lowest BCUT2D eigenvalue weighted by Crippen LogP contribution is -2.35. The zero-order chi connectivity index (χ0) is 13.4. The Labute approximate surface area is 106 Å². The summed E-state index contributed by atoms with van der Waals surface area (Å²) < 4.78 is 4.78. The second kappa shape index (κ2) is 7.26. The molecule has 6 nitrogen and oxygen atoms in total. The quantitative estimate of drug-likeness (QED) is 0.805. The van der Waals surface area contributed by atoms with Crippen molar-refractivity contribution in [3.05, 3.63) is 23.9 Å². The molecule has 3 amide bonds. The van der Waals surface area contributed by atoms with Crippen LogP contribution in [0.2, 0.25) is 0 Å². The molecule has 1 rings (SSSR count). The van der Waals surface area contributed by atoms with Crippen molar-refractivity contribution in [2.45, 2.75) is 26.7 Å². The predicted octanol–water partition coefficient (Wildman–Crippen LogP) is 2.45. The number of nitrogens with one attached hydrogen (secondary N) is 2. The van der Waals surface area contributed by atoms with Gasteiger partial charge >= 0.3 is 12.1 Å². The molecule has 1 aromatic heterocycles. The first-order valence-electron chi connectivity index (χ1n) is 5.79. The van der Waals surface area contributed by atoms with Gasteiger partial charge in [-0.05, 0) is 25.0 Å². The van der Waals surface area contributed by atoms with Crippen LogP contribution >= 0.6 is 0 Å². The highest BCUT2D eigenvalue weighted by Crippen LogP contribution is 2.03. The number of amides is 3. The van der Waals surface area contributed by atoms with Crippen LogP contribution in [0, 0.1) is 6.92 Å². The number of aryl methyl sites for hydroxylation is 1. The standard InChI is InChI=1S/C12H17N3O3/c1-3-4-7-18-12(17)15-11(16)14-10-6-5-9(2)8-13-10/h5-6,8H,3-4,7H2,1-2H3,(H2,13,14,15,16,17). The van der Waals surface area contributed by atoms with E-state index in [-0.39, 0.29) is 0 Å². The molecular formula is C12H17N3O3. The highest BCUT2D eigenvalue weighted by Gasteiger charge is 2.08. The first-order valence-corrected chi connectivity index (χ1v) is 5.79. The monoisotopic (exact) mass is 251 g/mol. The van der Waals surface area contributed by atoms with Gasteiger partial charge in [-0.1, -0.05) is 19.4 Å². The Morgan fingerprint density at radius 1 is 1.39 bits per heavy atom. The molecule has 0 atom stereocenters. The van der Waals surface area contributed by atoms with Crippen LogP contribution in [0.3, 0.4) is 0 Å². The van der Waals surface area contributed by atoms with Crippen LogP contribution in [0.5, 0.6) is 0 Å². The Morgan fingerprint density at radius 2 is 2.17 bits per heavy atom. The van der Waals surface area contributed by atoms with Crippen molar-refractivity contribution in [2.75, 3.05) is 11.9 Å². The fraction of sp³-hybridized carbons (Fsp3) is 0.417. The third-order valence-electron chi connectivity index (χ3n) is 2.10. The topological polar surface area (TPSA) is 80.3 Å². The zero-order valence-electron chi connectivity index (χ0n) is 10.5. The summed E-state index contributed by atoms with van der Waals surface area (Å²) in [5.41, 5.74) is 0.986. The maximum absolute atomic E-state index is 11.4. The molecule has 98 valence electrons. The van der Waals surface area contributed by atoms with E-state index in [0.29, 0.717) is 12.4 Å². The van der Waals surface area contributed by atoms with Crippen LogP contribution in [-0.4, -0.2) is 23.7 Å². The number of ether oxygens (including phenoxy) is 1. The average molecular weight is 251 g/mol. The van der Waals surface area contributed by atoms with Gasteiger partial charge in [0, 0.05) is 6.20 Å². The van der Waals surface area contributed by atoms with Crippen molar-refractivity contribution in [3.8, 4) is 0 Å². The van der Waals surface area contributed by atoms with Crippen molar-refractivity contribution in [1.82, 2.24) is 10.3 Å². The van der Waals surface area contributed by atoms with Gasteiger partial charge in [-0.25, -0.2) is 19.9 Å². The summed E-state index contributed by atoms with van der Waals surface area (Å²) in [7, 11) is 0. The number of carbonyl (C=O) groups is 2. The molecule has 0 aromatic carbocycles. The molecule has 0 radical (unpaired) electrons. The summed E-state index contributed by atoms with van der Waals surface area (Å²) in [5, 5.41) is 4.48. The van der Waals surface area contributed by atoms with E-state index in [4.69, 9.17) is 4.74 Å². The molecule has 2 N–H and O–H groups in total. The van der Waals surface area contributed by atoms with Crippen molar-refractivity contribution in [1.29, 1.82) is 0 Å². The number of imide groups is 1. The Kier molecular flexibility index (Phi) is 5.63. The smallest absolute Gasteiger partial charge is 0.415 e. The fourth-order valence-electron chi connectivity index (χ4n) is 1.13. The number of anilines is 1. The Bertz CT molecular complexity index is 404. The highest BCUT2D eigenvalue weighted by atomic mass is 16.5. The number of carbonyl (C=O) groups excluding carboxylic acids is 2. The van der Waals surface area contributed by atoms with Crippen molar-refractivity contribution < 1.29 is 14.3 Å². The number of urea groups is 1.